The molecule has 0 saturated carbocycles. The van der Waals surface area contributed by atoms with Gasteiger partial charge in [-0.05, 0) is 31.0 Å². The molecular formula is C14H17ClO4. The number of ether oxygens (including phenoxy) is 2. The number of ketones is 1. The summed E-state index contributed by atoms with van der Waals surface area (Å²) in [5, 5.41) is 0.525. The monoisotopic (exact) mass is 284 g/mol. The van der Waals surface area contributed by atoms with E-state index >= 15 is 0 Å². The number of rotatable bonds is 6. The van der Waals surface area contributed by atoms with Gasteiger partial charge in [0.2, 0.25) is 0 Å². The Morgan fingerprint density at radius 2 is 1.89 bits per heavy atom. The van der Waals surface area contributed by atoms with Gasteiger partial charge in [0.15, 0.2) is 5.78 Å². The van der Waals surface area contributed by atoms with Gasteiger partial charge in [-0.25, -0.2) is 0 Å². The van der Waals surface area contributed by atoms with E-state index in [0.717, 1.165) is 5.56 Å². The van der Waals surface area contributed by atoms with E-state index in [9.17, 15) is 9.59 Å². The predicted molar refractivity (Wildman–Crippen MR) is 72.9 cm³/mol. The number of hydrogen-bond acceptors (Lipinski definition) is 4. The zero-order chi connectivity index (χ0) is 14.4. The Labute approximate surface area is 117 Å². The highest BCUT2D eigenvalue weighted by Gasteiger charge is 2.15. The van der Waals surface area contributed by atoms with Crippen molar-refractivity contribution in [3.63, 3.8) is 0 Å². The third-order valence-corrected chi connectivity index (χ3v) is 3.20. The summed E-state index contributed by atoms with van der Waals surface area (Å²) < 4.78 is 9.70. The van der Waals surface area contributed by atoms with Crippen LogP contribution in [-0.2, 0) is 9.53 Å². The number of aryl methyl sites for hydroxylation is 1. The fourth-order valence-electron chi connectivity index (χ4n) is 1.67. The number of halogens is 1. The largest absolute Gasteiger partial charge is 0.496 e. The molecule has 0 aliphatic rings. The van der Waals surface area contributed by atoms with Crippen LogP contribution in [0.2, 0.25) is 5.02 Å². The van der Waals surface area contributed by atoms with Gasteiger partial charge in [0.25, 0.3) is 0 Å². The zero-order valence-electron chi connectivity index (χ0n) is 11.3. The molecule has 19 heavy (non-hydrogen) atoms. The first kappa shape index (κ1) is 15.5. The molecule has 1 aromatic carbocycles. The number of hydrogen-bond donors (Lipinski definition) is 0. The molecule has 1 rings (SSSR count). The second kappa shape index (κ2) is 7.14. The van der Waals surface area contributed by atoms with Crippen molar-refractivity contribution in [3.8, 4) is 5.75 Å². The Morgan fingerprint density at radius 1 is 1.21 bits per heavy atom. The third kappa shape index (κ3) is 4.24. The Kier molecular flexibility index (Phi) is 5.83. The standard InChI is InChI=1S/C14H17ClO4/c1-9-7-13(18-2)10(8-11(9)15)12(16)5-4-6-14(17)19-3/h7-8H,4-6H2,1-3H3. The molecule has 1 aromatic rings. The Morgan fingerprint density at radius 3 is 2.47 bits per heavy atom. The Bertz CT molecular complexity index is 483. The molecule has 0 radical (unpaired) electrons. The van der Waals surface area contributed by atoms with Crippen molar-refractivity contribution < 1.29 is 19.1 Å². The summed E-state index contributed by atoms with van der Waals surface area (Å²) in [5.41, 5.74) is 1.30. The molecule has 0 heterocycles. The van der Waals surface area contributed by atoms with Gasteiger partial charge in [-0.3, -0.25) is 9.59 Å². The van der Waals surface area contributed by atoms with Gasteiger partial charge in [0, 0.05) is 17.9 Å². The van der Waals surface area contributed by atoms with Crippen molar-refractivity contribution in [2.24, 2.45) is 0 Å². The molecule has 0 aliphatic carbocycles. The van der Waals surface area contributed by atoms with Crippen molar-refractivity contribution in [2.75, 3.05) is 14.2 Å². The van der Waals surface area contributed by atoms with Gasteiger partial charge in [0.1, 0.15) is 5.75 Å². The van der Waals surface area contributed by atoms with Gasteiger partial charge in [-0.1, -0.05) is 11.6 Å². The van der Waals surface area contributed by atoms with Crippen molar-refractivity contribution in [1.29, 1.82) is 0 Å². The van der Waals surface area contributed by atoms with E-state index in [0.29, 0.717) is 22.8 Å². The summed E-state index contributed by atoms with van der Waals surface area (Å²) in [4.78, 5) is 23.0. The molecule has 0 unspecified atom stereocenters. The molecule has 0 fully saturated rings. The summed E-state index contributed by atoms with van der Waals surface area (Å²) >= 11 is 6.01. The zero-order valence-corrected chi connectivity index (χ0v) is 12.0. The molecule has 0 aliphatic heterocycles. The summed E-state index contributed by atoms with van der Waals surface area (Å²) in [5.74, 6) is 0.0920. The maximum absolute atomic E-state index is 12.1. The van der Waals surface area contributed by atoms with E-state index in [-0.39, 0.29) is 24.6 Å². The van der Waals surface area contributed by atoms with E-state index in [4.69, 9.17) is 16.3 Å². The fraction of sp³-hybridized carbons (Fsp3) is 0.429. The number of benzene rings is 1. The molecule has 0 atom stereocenters. The minimum Gasteiger partial charge on any atom is -0.496 e. The van der Waals surface area contributed by atoms with Crippen molar-refractivity contribution >= 4 is 23.4 Å². The number of carbonyl (C=O) groups excluding carboxylic acids is 2. The SMILES string of the molecule is COC(=O)CCCC(=O)c1cc(Cl)c(C)cc1OC. The highest BCUT2D eigenvalue weighted by Crippen LogP contribution is 2.27. The number of methoxy groups -OCH3 is 2. The normalized spacial score (nSPS) is 10.1. The van der Waals surface area contributed by atoms with E-state index in [1.807, 2.05) is 6.92 Å². The van der Waals surface area contributed by atoms with Crippen LogP contribution in [0.5, 0.6) is 5.75 Å². The maximum atomic E-state index is 12.1. The van der Waals surface area contributed by atoms with E-state index in [1.165, 1.54) is 14.2 Å². The van der Waals surface area contributed by atoms with Crippen LogP contribution >= 0.6 is 11.6 Å². The quantitative estimate of drug-likeness (QED) is 0.595. The minimum atomic E-state index is -0.318. The fourth-order valence-corrected chi connectivity index (χ4v) is 1.84. The van der Waals surface area contributed by atoms with Crippen LogP contribution < -0.4 is 4.74 Å². The van der Waals surface area contributed by atoms with Crippen LogP contribution in [0.15, 0.2) is 12.1 Å². The van der Waals surface area contributed by atoms with Crippen LogP contribution in [0.3, 0.4) is 0 Å². The summed E-state index contributed by atoms with van der Waals surface area (Å²) in [6, 6.07) is 3.34. The summed E-state index contributed by atoms with van der Waals surface area (Å²) in [6.07, 6.45) is 0.926. The second-order valence-electron chi connectivity index (χ2n) is 4.15. The number of carbonyl (C=O) groups is 2. The highest BCUT2D eigenvalue weighted by molar-refractivity contribution is 6.31. The molecule has 0 spiro atoms. The smallest absolute Gasteiger partial charge is 0.305 e. The first-order chi connectivity index (χ1) is 8.99. The first-order valence-corrected chi connectivity index (χ1v) is 6.31. The van der Waals surface area contributed by atoms with Crippen molar-refractivity contribution in [2.45, 2.75) is 26.2 Å². The second-order valence-corrected chi connectivity index (χ2v) is 4.56. The van der Waals surface area contributed by atoms with Crippen molar-refractivity contribution in [3.05, 3.63) is 28.3 Å². The van der Waals surface area contributed by atoms with E-state index in [2.05, 4.69) is 4.74 Å². The van der Waals surface area contributed by atoms with Gasteiger partial charge < -0.3 is 9.47 Å². The van der Waals surface area contributed by atoms with Crippen LogP contribution in [-0.4, -0.2) is 26.0 Å². The van der Waals surface area contributed by atoms with Crippen molar-refractivity contribution in [1.82, 2.24) is 0 Å². The molecule has 104 valence electrons. The topological polar surface area (TPSA) is 52.6 Å². The Balaban J connectivity index is 2.76. The molecule has 0 saturated heterocycles. The molecule has 0 amide bonds. The third-order valence-electron chi connectivity index (χ3n) is 2.79. The van der Waals surface area contributed by atoms with Gasteiger partial charge in [-0.15, -0.1) is 0 Å². The Hall–Kier alpha value is -1.55. The van der Waals surface area contributed by atoms with E-state index in [1.54, 1.807) is 12.1 Å². The van der Waals surface area contributed by atoms with Crippen LogP contribution in [0.25, 0.3) is 0 Å². The molecular weight excluding hydrogens is 268 g/mol. The van der Waals surface area contributed by atoms with Gasteiger partial charge >= 0.3 is 5.97 Å². The average Bonchev–Trinajstić information content (AvgIpc) is 2.40. The lowest BCUT2D eigenvalue weighted by Gasteiger charge is -2.10. The van der Waals surface area contributed by atoms with E-state index < -0.39 is 0 Å². The van der Waals surface area contributed by atoms with Gasteiger partial charge in [0.05, 0.1) is 19.8 Å². The summed E-state index contributed by atoms with van der Waals surface area (Å²) in [7, 11) is 2.83. The van der Waals surface area contributed by atoms with Gasteiger partial charge in [-0.2, -0.15) is 0 Å². The van der Waals surface area contributed by atoms with Crippen LogP contribution in [0, 0.1) is 6.92 Å². The van der Waals surface area contributed by atoms with Crippen LogP contribution in [0.4, 0.5) is 0 Å². The first-order valence-electron chi connectivity index (χ1n) is 5.93. The average molecular weight is 285 g/mol. The lowest BCUT2D eigenvalue weighted by molar-refractivity contribution is -0.140. The molecule has 0 N–H and O–H groups in total. The number of Topliss-reactive ketones (excluding diaryl/α,β-unsaturated/α-hetero) is 1. The molecule has 0 aromatic heterocycles. The lowest BCUT2D eigenvalue weighted by atomic mass is 10.0. The lowest BCUT2D eigenvalue weighted by Crippen LogP contribution is -2.05. The number of esters is 1. The molecule has 0 bridgehead atoms. The van der Waals surface area contributed by atoms with Crippen LogP contribution in [0.1, 0.15) is 35.2 Å². The predicted octanol–water partition coefficient (Wildman–Crippen LogP) is 3.18. The summed E-state index contributed by atoms with van der Waals surface area (Å²) in [6.45, 7) is 1.84. The molecule has 5 heteroatoms. The molecule has 4 nitrogen and oxygen atoms in total. The highest BCUT2D eigenvalue weighted by atomic mass is 35.5. The maximum Gasteiger partial charge on any atom is 0.305 e. The minimum absolute atomic E-state index is 0.0948.